The summed E-state index contributed by atoms with van der Waals surface area (Å²) in [6, 6.07) is 5.22. The van der Waals surface area contributed by atoms with Crippen molar-refractivity contribution in [2.24, 2.45) is 5.92 Å². The number of aromatic hydroxyl groups is 1. The molecule has 1 N–H and O–H groups in total. The molecule has 0 radical (unpaired) electrons. The molecule has 0 aliphatic carbocycles. The Hall–Kier alpha value is -1.70. The van der Waals surface area contributed by atoms with E-state index >= 15 is 0 Å². The Morgan fingerprint density at radius 1 is 1.25 bits per heavy atom. The van der Waals surface area contributed by atoms with Gasteiger partial charge in [-0.1, -0.05) is 39.0 Å². The van der Waals surface area contributed by atoms with Crippen molar-refractivity contribution in [2.45, 2.75) is 40.0 Å². The summed E-state index contributed by atoms with van der Waals surface area (Å²) in [6.07, 6.45) is 9.73. The van der Waals surface area contributed by atoms with Crippen LogP contribution in [0.25, 0.3) is 5.57 Å². The lowest BCUT2D eigenvalue weighted by Crippen LogP contribution is -1.92. The number of phenolic OH excluding ortho intramolecular Hbond substituents is 1. The van der Waals surface area contributed by atoms with Crippen LogP contribution in [-0.4, -0.2) is 12.2 Å². The predicted octanol–water partition coefficient (Wildman–Crippen LogP) is 5.19. The summed E-state index contributed by atoms with van der Waals surface area (Å²) in [6.45, 7) is 6.53. The third kappa shape index (κ3) is 4.44. The number of methoxy groups -OCH3 is 1. The van der Waals surface area contributed by atoms with Gasteiger partial charge in [-0.3, -0.25) is 0 Å². The second-order valence-corrected chi connectivity index (χ2v) is 4.89. The van der Waals surface area contributed by atoms with Gasteiger partial charge in [-0.15, -0.1) is 0 Å². The van der Waals surface area contributed by atoms with Crippen LogP contribution in [0.2, 0.25) is 0 Å². The van der Waals surface area contributed by atoms with E-state index in [9.17, 15) is 5.11 Å². The topological polar surface area (TPSA) is 29.5 Å². The van der Waals surface area contributed by atoms with Crippen molar-refractivity contribution in [3.05, 3.63) is 42.0 Å². The Labute approximate surface area is 122 Å². The Morgan fingerprint density at radius 2 is 1.95 bits per heavy atom. The zero-order valence-corrected chi connectivity index (χ0v) is 13.0. The van der Waals surface area contributed by atoms with E-state index < -0.39 is 0 Å². The molecule has 0 atom stereocenters. The summed E-state index contributed by atoms with van der Waals surface area (Å²) in [5, 5.41) is 9.67. The highest BCUT2D eigenvalue weighted by Crippen LogP contribution is 2.31. The molecule has 0 aliphatic rings. The van der Waals surface area contributed by atoms with Crippen molar-refractivity contribution in [3.8, 4) is 11.5 Å². The second kappa shape index (κ2) is 8.47. The highest BCUT2D eigenvalue weighted by Gasteiger charge is 2.07. The molecule has 0 aromatic heterocycles. The van der Waals surface area contributed by atoms with Crippen molar-refractivity contribution in [3.63, 3.8) is 0 Å². The van der Waals surface area contributed by atoms with Gasteiger partial charge in [0.1, 0.15) is 11.5 Å². The molecule has 110 valence electrons. The average Bonchev–Trinajstić information content (AvgIpc) is 2.47. The van der Waals surface area contributed by atoms with Crippen LogP contribution in [0.4, 0.5) is 0 Å². The number of allylic oxidation sites excluding steroid dienone is 4. The molecule has 0 unspecified atom stereocenters. The Bertz CT molecular complexity index is 468. The highest BCUT2D eigenvalue weighted by molar-refractivity contribution is 5.72. The zero-order chi connectivity index (χ0) is 15.0. The minimum atomic E-state index is 0.268. The van der Waals surface area contributed by atoms with E-state index in [-0.39, 0.29) is 5.75 Å². The van der Waals surface area contributed by atoms with E-state index in [0.29, 0.717) is 5.92 Å². The fourth-order valence-electron chi connectivity index (χ4n) is 2.23. The van der Waals surface area contributed by atoms with Crippen LogP contribution in [0.3, 0.4) is 0 Å². The largest absolute Gasteiger partial charge is 0.508 e. The minimum Gasteiger partial charge on any atom is -0.508 e. The fourth-order valence-corrected chi connectivity index (χ4v) is 2.23. The molecule has 0 saturated heterocycles. The summed E-state index contributed by atoms with van der Waals surface area (Å²) >= 11 is 0. The summed E-state index contributed by atoms with van der Waals surface area (Å²) in [4.78, 5) is 0. The molecule has 1 aromatic rings. The highest BCUT2D eigenvalue weighted by atomic mass is 16.5. The van der Waals surface area contributed by atoms with Gasteiger partial charge >= 0.3 is 0 Å². The second-order valence-electron chi connectivity index (χ2n) is 4.89. The standard InChI is InChI=1S/C18H26O2/c1-5-14(6-2)9-8-10-15(7-3)17-13-16(19)11-12-18(17)20-4/h8-14,19H,5-7H2,1-4H3/b9-8+,15-10+. The minimum absolute atomic E-state index is 0.268. The third-order valence-electron chi connectivity index (χ3n) is 3.64. The molecule has 20 heavy (non-hydrogen) atoms. The molecule has 0 heterocycles. The summed E-state index contributed by atoms with van der Waals surface area (Å²) < 4.78 is 5.38. The van der Waals surface area contributed by atoms with E-state index in [2.05, 4.69) is 39.0 Å². The van der Waals surface area contributed by atoms with Crippen molar-refractivity contribution in [1.29, 1.82) is 0 Å². The number of ether oxygens (including phenoxy) is 1. The van der Waals surface area contributed by atoms with Crippen LogP contribution >= 0.6 is 0 Å². The number of benzene rings is 1. The van der Waals surface area contributed by atoms with E-state index in [1.807, 2.05) is 0 Å². The molecule has 0 saturated carbocycles. The van der Waals surface area contributed by atoms with Gasteiger partial charge < -0.3 is 9.84 Å². The molecule has 0 fully saturated rings. The van der Waals surface area contributed by atoms with E-state index in [4.69, 9.17) is 4.74 Å². The smallest absolute Gasteiger partial charge is 0.126 e. The molecule has 1 aromatic carbocycles. The molecule has 1 rings (SSSR count). The maximum absolute atomic E-state index is 9.67. The maximum atomic E-state index is 9.67. The van der Waals surface area contributed by atoms with Crippen molar-refractivity contribution in [2.75, 3.05) is 7.11 Å². The first-order valence-electron chi connectivity index (χ1n) is 7.40. The van der Waals surface area contributed by atoms with E-state index in [1.54, 1.807) is 25.3 Å². The number of phenols is 1. The molecule has 2 nitrogen and oxygen atoms in total. The molecule has 0 amide bonds. The van der Waals surface area contributed by atoms with Gasteiger partial charge in [-0.25, -0.2) is 0 Å². The van der Waals surface area contributed by atoms with Crippen LogP contribution in [0.15, 0.2) is 36.4 Å². The van der Waals surface area contributed by atoms with Crippen LogP contribution < -0.4 is 4.74 Å². The lowest BCUT2D eigenvalue weighted by Gasteiger charge is -2.11. The van der Waals surface area contributed by atoms with Crippen molar-refractivity contribution in [1.82, 2.24) is 0 Å². The predicted molar refractivity (Wildman–Crippen MR) is 86.1 cm³/mol. The summed E-state index contributed by atoms with van der Waals surface area (Å²) in [5.41, 5.74) is 2.13. The lowest BCUT2D eigenvalue weighted by molar-refractivity contribution is 0.410. The summed E-state index contributed by atoms with van der Waals surface area (Å²) in [7, 11) is 1.66. The normalized spacial score (nSPS) is 12.3. The number of rotatable bonds is 7. The van der Waals surface area contributed by atoms with Crippen LogP contribution in [0.1, 0.15) is 45.6 Å². The first kappa shape index (κ1) is 16.4. The van der Waals surface area contributed by atoms with E-state index in [1.165, 1.54) is 5.57 Å². The Kier molecular flexibility index (Phi) is 6.92. The third-order valence-corrected chi connectivity index (χ3v) is 3.64. The molecular formula is C18H26O2. The SMILES string of the molecule is CC/C(=C\C=C\C(CC)CC)c1cc(O)ccc1OC. The van der Waals surface area contributed by atoms with Gasteiger partial charge in [0.2, 0.25) is 0 Å². The first-order chi connectivity index (χ1) is 9.65. The number of hydrogen-bond donors (Lipinski definition) is 1. The molecule has 0 bridgehead atoms. The van der Waals surface area contributed by atoms with Gasteiger partial charge in [0.25, 0.3) is 0 Å². The van der Waals surface area contributed by atoms with Crippen LogP contribution in [0, 0.1) is 5.92 Å². The van der Waals surface area contributed by atoms with Crippen LogP contribution in [-0.2, 0) is 0 Å². The molecule has 0 aliphatic heterocycles. The maximum Gasteiger partial charge on any atom is 0.126 e. The molecular weight excluding hydrogens is 248 g/mol. The van der Waals surface area contributed by atoms with Gasteiger partial charge in [-0.2, -0.15) is 0 Å². The Morgan fingerprint density at radius 3 is 2.50 bits per heavy atom. The Balaban J connectivity index is 3.03. The van der Waals surface area contributed by atoms with Gasteiger partial charge in [-0.05, 0) is 49.0 Å². The van der Waals surface area contributed by atoms with Gasteiger partial charge in [0, 0.05) is 5.56 Å². The van der Waals surface area contributed by atoms with E-state index in [0.717, 1.165) is 30.6 Å². The lowest BCUT2D eigenvalue weighted by atomic mass is 9.99. The van der Waals surface area contributed by atoms with Crippen molar-refractivity contribution < 1.29 is 9.84 Å². The van der Waals surface area contributed by atoms with Crippen molar-refractivity contribution >= 4 is 5.57 Å². The quantitative estimate of drug-likeness (QED) is 0.694. The molecule has 0 spiro atoms. The number of hydrogen-bond acceptors (Lipinski definition) is 2. The van der Waals surface area contributed by atoms with Gasteiger partial charge in [0.05, 0.1) is 7.11 Å². The zero-order valence-electron chi connectivity index (χ0n) is 13.0. The van der Waals surface area contributed by atoms with Gasteiger partial charge in [0.15, 0.2) is 0 Å². The van der Waals surface area contributed by atoms with Crippen LogP contribution in [0.5, 0.6) is 11.5 Å². The fraction of sp³-hybridized carbons (Fsp3) is 0.444. The average molecular weight is 274 g/mol. The molecule has 2 heteroatoms. The first-order valence-corrected chi connectivity index (χ1v) is 7.40. The monoisotopic (exact) mass is 274 g/mol. The summed E-state index contributed by atoms with van der Waals surface area (Å²) in [5.74, 6) is 1.70.